The third-order valence-corrected chi connectivity index (χ3v) is 1.63. The van der Waals surface area contributed by atoms with Gasteiger partial charge in [-0.15, -0.1) is 0 Å². The van der Waals surface area contributed by atoms with Crippen LogP contribution in [0.4, 0.5) is 13.2 Å². The van der Waals surface area contributed by atoms with Gasteiger partial charge in [0, 0.05) is 0 Å². The van der Waals surface area contributed by atoms with Crippen LogP contribution < -0.4 is 5.32 Å². The van der Waals surface area contributed by atoms with E-state index in [-0.39, 0.29) is 12.7 Å². The molecule has 0 aliphatic rings. The number of rotatable bonds is 6. The minimum atomic E-state index is -4.23. The third kappa shape index (κ3) is 6.21. The normalized spacial score (nSPS) is 14.8. The van der Waals surface area contributed by atoms with Gasteiger partial charge in [-0.1, -0.05) is 6.92 Å². The lowest BCUT2D eigenvalue weighted by Crippen LogP contribution is -2.46. The summed E-state index contributed by atoms with van der Waals surface area (Å²) in [6, 6.07) is -1.55. The molecule has 0 aliphatic carbocycles. The maximum Gasteiger partial charge on any atom is 0.406 e. The van der Waals surface area contributed by atoms with Crippen molar-refractivity contribution in [2.24, 2.45) is 0 Å². The molecule has 0 heterocycles. The lowest BCUT2D eigenvalue weighted by atomic mass is 10.3. The molecule has 1 atom stereocenters. The summed E-state index contributed by atoms with van der Waals surface area (Å²) in [6.07, 6.45) is -3.73. The Morgan fingerprint density at radius 3 is 2.21 bits per heavy atom. The second kappa shape index (κ2) is 6.24. The van der Waals surface area contributed by atoms with E-state index in [0.29, 0.717) is 13.0 Å². The average Bonchev–Trinajstić information content (AvgIpc) is 2.01. The molecular weight excluding hydrogens is 195 g/mol. The largest absolute Gasteiger partial charge is 0.406 e. The van der Waals surface area contributed by atoms with E-state index in [9.17, 15) is 13.2 Å². The van der Waals surface area contributed by atoms with Crippen LogP contribution in [0.5, 0.6) is 0 Å². The van der Waals surface area contributed by atoms with Crippen molar-refractivity contribution in [1.82, 2.24) is 5.32 Å². The van der Waals surface area contributed by atoms with Gasteiger partial charge in [-0.25, -0.2) is 0 Å². The molecule has 0 aromatic carbocycles. The fraction of sp³-hybridized carbons (Fsp3) is 1.00. The molecule has 1 unspecified atom stereocenters. The van der Waals surface area contributed by atoms with Crippen LogP contribution >= 0.6 is 0 Å². The van der Waals surface area contributed by atoms with Crippen molar-refractivity contribution in [2.45, 2.75) is 45.5 Å². The Hall–Kier alpha value is -0.290. The van der Waals surface area contributed by atoms with Crippen molar-refractivity contribution >= 4 is 0 Å². The summed E-state index contributed by atoms with van der Waals surface area (Å²) in [4.78, 5) is 0. The smallest absolute Gasteiger partial charge is 0.377 e. The van der Waals surface area contributed by atoms with Crippen LogP contribution in [0.1, 0.15) is 27.2 Å². The number of ether oxygens (including phenoxy) is 1. The van der Waals surface area contributed by atoms with E-state index in [0.717, 1.165) is 0 Å². The first-order valence-electron chi connectivity index (χ1n) is 4.79. The second-order valence-electron chi connectivity index (χ2n) is 3.43. The van der Waals surface area contributed by atoms with Crippen molar-refractivity contribution in [3.8, 4) is 0 Å². The molecule has 0 radical (unpaired) electrons. The summed E-state index contributed by atoms with van der Waals surface area (Å²) in [5.74, 6) is 0. The number of nitrogens with one attached hydrogen (secondary N) is 1. The van der Waals surface area contributed by atoms with Gasteiger partial charge in [-0.3, -0.25) is 0 Å². The summed E-state index contributed by atoms with van der Waals surface area (Å²) in [5, 5.41) is 2.41. The molecule has 0 saturated carbocycles. The number of hydrogen-bond donors (Lipinski definition) is 1. The van der Waals surface area contributed by atoms with Gasteiger partial charge in [-0.05, 0) is 26.8 Å². The van der Waals surface area contributed by atoms with E-state index >= 15 is 0 Å². The number of hydrogen-bond acceptors (Lipinski definition) is 2. The molecule has 0 aliphatic heterocycles. The van der Waals surface area contributed by atoms with Crippen LogP contribution in [0.3, 0.4) is 0 Å². The van der Waals surface area contributed by atoms with Crippen LogP contribution in [0, 0.1) is 0 Å². The molecule has 2 nitrogen and oxygen atoms in total. The lowest BCUT2D eigenvalue weighted by molar-refractivity contribution is -0.170. The Morgan fingerprint density at radius 1 is 1.29 bits per heavy atom. The molecule has 0 aromatic heterocycles. The van der Waals surface area contributed by atoms with E-state index < -0.39 is 12.2 Å². The topological polar surface area (TPSA) is 21.3 Å². The first-order valence-corrected chi connectivity index (χ1v) is 4.79. The van der Waals surface area contributed by atoms with Gasteiger partial charge < -0.3 is 10.1 Å². The molecule has 86 valence electrons. The summed E-state index contributed by atoms with van der Waals surface area (Å²) in [7, 11) is 0. The van der Waals surface area contributed by atoms with Crippen molar-refractivity contribution in [2.75, 3.05) is 13.2 Å². The van der Waals surface area contributed by atoms with E-state index in [1.165, 1.54) is 0 Å². The third-order valence-electron chi connectivity index (χ3n) is 1.63. The standard InChI is InChI=1S/C9H18F3NO/c1-4-5-13-8(9(10,11)12)6-14-7(2)3/h7-8,13H,4-6H2,1-3H3. The zero-order valence-corrected chi connectivity index (χ0v) is 8.82. The maximum absolute atomic E-state index is 12.4. The molecule has 5 heteroatoms. The summed E-state index contributed by atoms with van der Waals surface area (Å²) >= 11 is 0. The van der Waals surface area contributed by atoms with Crippen molar-refractivity contribution in [3.05, 3.63) is 0 Å². The van der Waals surface area contributed by atoms with Gasteiger partial charge in [-0.2, -0.15) is 13.2 Å². The van der Waals surface area contributed by atoms with Crippen LogP contribution in [0.25, 0.3) is 0 Å². The summed E-state index contributed by atoms with van der Waals surface area (Å²) < 4.78 is 42.0. The van der Waals surface area contributed by atoms with Gasteiger partial charge in [0.05, 0.1) is 12.7 Å². The Kier molecular flexibility index (Phi) is 6.11. The first kappa shape index (κ1) is 13.7. The van der Waals surface area contributed by atoms with E-state index in [1.54, 1.807) is 13.8 Å². The van der Waals surface area contributed by atoms with Crippen LogP contribution in [0.2, 0.25) is 0 Å². The minimum absolute atomic E-state index is 0.178. The predicted molar refractivity (Wildman–Crippen MR) is 49.2 cm³/mol. The van der Waals surface area contributed by atoms with Gasteiger partial charge in [0.2, 0.25) is 0 Å². The quantitative estimate of drug-likeness (QED) is 0.731. The molecule has 0 aromatic rings. The number of halogens is 3. The monoisotopic (exact) mass is 213 g/mol. The highest BCUT2D eigenvalue weighted by atomic mass is 19.4. The summed E-state index contributed by atoms with van der Waals surface area (Å²) in [6.45, 7) is 5.29. The molecule has 0 fully saturated rings. The zero-order valence-electron chi connectivity index (χ0n) is 8.82. The van der Waals surface area contributed by atoms with Crippen LogP contribution in [0.15, 0.2) is 0 Å². The predicted octanol–water partition coefficient (Wildman–Crippen LogP) is 2.34. The van der Waals surface area contributed by atoms with Crippen LogP contribution in [-0.2, 0) is 4.74 Å². The fourth-order valence-electron chi connectivity index (χ4n) is 0.876. The van der Waals surface area contributed by atoms with Gasteiger partial charge >= 0.3 is 6.18 Å². The SMILES string of the molecule is CCCNC(COC(C)C)C(F)(F)F. The van der Waals surface area contributed by atoms with Crippen molar-refractivity contribution in [3.63, 3.8) is 0 Å². The highest BCUT2D eigenvalue weighted by molar-refractivity contribution is 4.74. The first-order chi connectivity index (χ1) is 6.38. The lowest BCUT2D eigenvalue weighted by Gasteiger charge is -2.22. The Balaban J connectivity index is 3.98. The van der Waals surface area contributed by atoms with Gasteiger partial charge in [0.15, 0.2) is 0 Å². The van der Waals surface area contributed by atoms with E-state index in [2.05, 4.69) is 5.32 Å². The van der Waals surface area contributed by atoms with E-state index in [1.807, 2.05) is 6.92 Å². The molecule has 1 N–H and O–H groups in total. The Bertz CT molecular complexity index is 147. The molecular formula is C9H18F3NO. The molecule has 0 amide bonds. The zero-order chi connectivity index (χ0) is 11.2. The Morgan fingerprint density at radius 2 is 1.86 bits per heavy atom. The minimum Gasteiger partial charge on any atom is -0.377 e. The van der Waals surface area contributed by atoms with E-state index in [4.69, 9.17) is 4.74 Å². The average molecular weight is 213 g/mol. The molecule has 14 heavy (non-hydrogen) atoms. The molecule has 0 spiro atoms. The van der Waals surface area contributed by atoms with Crippen molar-refractivity contribution in [1.29, 1.82) is 0 Å². The van der Waals surface area contributed by atoms with Crippen LogP contribution in [-0.4, -0.2) is 31.5 Å². The maximum atomic E-state index is 12.4. The highest BCUT2D eigenvalue weighted by Gasteiger charge is 2.39. The van der Waals surface area contributed by atoms with Gasteiger partial charge in [0.1, 0.15) is 6.04 Å². The number of alkyl halides is 3. The van der Waals surface area contributed by atoms with Crippen molar-refractivity contribution < 1.29 is 17.9 Å². The summed E-state index contributed by atoms with van der Waals surface area (Å²) in [5.41, 5.74) is 0. The molecule has 0 bridgehead atoms. The molecule has 0 rings (SSSR count). The Labute approximate surface area is 82.8 Å². The second-order valence-corrected chi connectivity index (χ2v) is 3.43. The van der Waals surface area contributed by atoms with Gasteiger partial charge in [0.25, 0.3) is 0 Å². The fourth-order valence-corrected chi connectivity index (χ4v) is 0.876. The molecule has 0 saturated heterocycles. The highest BCUT2D eigenvalue weighted by Crippen LogP contribution is 2.20.